The van der Waals surface area contributed by atoms with Crippen LogP contribution in [0.3, 0.4) is 0 Å². The van der Waals surface area contributed by atoms with Gasteiger partial charge in [-0.25, -0.2) is 14.5 Å². The van der Waals surface area contributed by atoms with E-state index in [1.165, 1.54) is 51.9 Å². The molecule has 232 valence electrons. The maximum absolute atomic E-state index is 12.8. The van der Waals surface area contributed by atoms with Crippen molar-refractivity contribution in [2.75, 3.05) is 17.2 Å². The first kappa shape index (κ1) is 31.5. The van der Waals surface area contributed by atoms with Crippen LogP contribution in [-0.4, -0.2) is 50.5 Å². The number of ether oxygens (including phenoxy) is 1. The molecule has 4 aromatic rings. The molecule has 0 atom stereocenters. The fourth-order valence-corrected chi connectivity index (χ4v) is 5.45. The summed E-state index contributed by atoms with van der Waals surface area (Å²) in [6, 6.07) is 18.1. The third kappa shape index (κ3) is 7.98. The Hall–Kier alpha value is -4.91. The van der Waals surface area contributed by atoms with E-state index >= 15 is 0 Å². The molecule has 13 heteroatoms. The Kier molecular flexibility index (Phi) is 9.37. The molecule has 2 heterocycles. The lowest BCUT2D eigenvalue weighted by Crippen LogP contribution is -2.32. The average Bonchev–Trinajstić information content (AvgIpc) is 3.62. The van der Waals surface area contributed by atoms with E-state index in [-0.39, 0.29) is 29.9 Å². The highest BCUT2D eigenvalue weighted by Gasteiger charge is 2.33. The Morgan fingerprint density at radius 2 is 1.91 bits per heavy atom. The van der Waals surface area contributed by atoms with Crippen LogP contribution in [0.5, 0.6) is 5.75 Å². The molecule has 0 unspecified atom stereocenters. The average molecular weight is 635 g/mol. The minimum Gasteiger partial charge on any atom is -0.406 e. The van der Waals surface area contributed by atoms with Gasteiger partial charge >= 0.3 is 12.4 Å². The minimum absolute atomic E-state index is 0.119. The van der Waals surface area contributed by atoms with Crippen molar-refractivity contribution < 1.29 is 27.5 Å². The number of amidine groups is 1. The second kappa shape index (κ2) is 13.4. The van der Waals surface area contributed by atoms with Crippen LogP contribution < -0.4 is 15.0 Å². The molecule has 0 bridgehead atoms. The van der Waals surface area contributed by atoms with Crippen LogP contribution in [0.15, 0.2) is 84.1 Å². The number of nitrogens with one attached hydrogen (secondary N) is 1. The molecule has 1 saturated heterocycles. The maximum Gasteiger partial charge on any atom is 0.573 e. The molecule has 1 aliphatic heterocycles. The molecule has 1 aliphatic rings. The largest absolute Gasteiger partial charge is 0.573 e. The van der Waals surface area contributed by atoms with Crippen molar-refractivity contribution in [2.45, 2.75) is 33.1 Å². The minimum atomic E-state index is -4.76. The summed E-state index contributed by atoms with van der Waals surface area (Å²) in [5.74, 6) is 0.377. The molecular formula is C32H29F3N6O3S. The monoisotopic (exact) mass is 634 g/mol. The van der Waals surface area contributed by atoms with Crippen molar-refractivity contribution >= 4 is 40.6 Å². The predicted octanol–water partition coefficient (Wildman–Crippen LogP) is 7.12. The van der Waals surface area contributed by atoms with Crippen LogP contribution in [-0.2, 0) is 4.79 Å². The molecule has 0 radical (unpaired) electrons. The van der Waals surface area contributed by atoms with Gasteiger partial charge in [0.1, 0.15) is 12.1 Å². The van der Waals surface area contributed by atoms with E-state index in [2.05, 4.69) is 39.0 Å². The van der Waals surface area contributed by atoms with Crippen molar-refractivity contribution in [2.24, 2.45) is 4.99 Å². The standard InChI is InChI=1S/C32H29F3N6O3S/c1-20(2)26-14-9-21(3)16-27(26)41-28(42)18-45-31(41)38-30(43)36-15-5-7-22-6-4-8-23(17-22)29-37-19-40(39-29)24-10-12-25(13-11-24)44-32(33,34)35/h4-14,16-17,19-20H,15,18H2,1-3H3,(H,36,43)/b7-5-,38-31?. The highest BCUT2D eigenvalue weighted by atomic mass is 32.2. The van der Waals surface area contributed by atoms with Crippen LogP contribution in [0, 0.1) is 6.92 Å². The second-order valence-electron chi connectivity index (χ2n) is 10.4. The number of thioether (sulfide) groups is 1. The Balaban J connectivity index is 1.21. The van der Waals surface area contributed by atoms with Crippen molar-refractivity contribution in [1.82, 2.24) is 20.1 Å². The third-order valence-corrected chi connectivity index (χ3v) is 7.59. The second-order valence-corrected chi connectivity index (χ2v) is 11.3. The number of aryl methyl sites for hydroxylation is 1. The van der Waals surface area contributed by atoms with Crippen molar-refractivity contribution in [3.05, 3.63) is 95.8 Å². The fourth-order valence-electron chi connectivity index (χ4n) is 4.59. The number of rotatable bonds is 8. The van der Waals surface area contributed by atoms with E-state index in [1.807, 2.05) is 55.5 Å². The molecule has 9 nitrogen and oxygen atoms in total. The molecule has 0 spiro atoms. The first-order valence-corrected chi connectivity index (χ1v) is 14.9. The number of aromatic nitrogens is 3. The molecular weight excluding hydrogens is 605 g/mol. The Morgan fingerprint density at radius 1 is 1.13 bits per heavy atom. The summed E-state index contributed by atoms with van der Waals surface area (Å²) >= 11 is 1.23. The Morgan fingerprint density at radius 3 is 2.64 bits per heavy atom. The number of hydrogen-bond acceptors (Lipinski definition) is 6. The lowest BCUT2D eigenvalue weighted by molar-refractivity contribution is -0.274. The van der Waals surface area contributed by atoms with Gasteiger partial charge in [-0.15, -0.1) is 18.3 Å². The molecule has 3 amide bonds. The van der Waals surface area contributed by atoms with Crippen LogP contribution in [0.2, 0.25) is 0 Å². The molecule has 5 rings (SSSR count). The number of urea groups is 1. The van der Waals surface area contributed by atoms with Gasteiger partial charge in [-0.2, -0.15) is 4.99 Å². The fraction of sp³-hybridized carbons (Fsp3) is 0.219. The number of anilines is 1. The van der Waals surface area contributed by atoms with E-state index in [0.29, 0.717) is 16.7 Å². The van der Waals surface area contributed by atoms with Crippen LogP contribution >= 0.6 is 11.8 Å². The zero-order valence-corrected chi connectivity index (χ0v) is 25.4. The number of carbonyl (C=O) groups is 2. The van der Waals surface area contributed by atoms with Gasteiger partial charge in [-0.1, -0.05) is 68.1 Å². The molecule has 1 fully saturated rings. The first-order chi connectivity index (χ1) is 21.5. The molecule has 0 saturated carbocycles. The number of hydrogen-bond donors (Lipinski definition) is 1. The van der Waals surface area contributed by atoms with E-state index in [1.54, 1.807) is 6.08 Å². The summed E-state index contributed by atoms with van der Waals surface area (Å²) in [5.41, 5.74) is 4.84. The zero-order chi connectivity index (χ0) is 32.1. The topological polar surface area (TPSA) is 102 Å². The summed E-state index contributed by atoms with van der Waals surface area (Å²) in [6.07, 6.45) is 0.304. The molecule has 0 aliphatic carbocycles. The number of aliphatic imine (C=N–C) groups is 1. The SMILES string of the molecule is Cc1ccc(C(C)C)c(N2C(=O)CSC2=NC(=O)NC/C=C\c2cccc(-c3ncn(-c4ccc(OC(F)(F)F)cc4)n3)c2)c1. The van der Waals surface area contributed by atoms with Gasteiger partial charge in [0, 0.05) is 12.1 Å². The highest BCUT2D eigenvalue weighted by Crippen LogP contribution is 2.34. The predicted molar refractivity (Wildman–Crippen MR) is 169 cm³/mol. The lowest BCUT2D eigenvalue weighted by Gasteiger charge is -2.22. The molecule has 3 aromatic carbocycles. The van der Waals surface area contributed by atoms with Crippen molar-refractivity contribution in [1.29, 1.82) is 0 Å². The van der Waals surface area contributed by atoms with E-state index in [4.69, 9.17) is 0 Å². The molecule has 1 aromatic heterocycles. The summed E-state index contributed by atoms with van der Waals surface area (Å²) in [5, 5.41) is 7.52. The van der Waals surface area contributed by atoms with E-state index in [0.717, 1.165) is 27.9 Å². The summed E-state index contributed by atoms with van der Waals surface area (Å²) in [4.78, 5) is 35.5. The summed E-state index contributed by atoms with van der Waals surface area (Å²) in [6.45, 7) is 6.28. The highest BCUT2D eigenvalue weighted by molar-refractivity contribution is 8.15. The number of nitrogens with zero attached hydrogens (tertiary/aromatic N) is 5. The van der Waals surface area contributed by atoms with E-state index < -0.39 is 12.4 Å². The number of carbonyl (C=O) groups excluding carboxylic acids is 2. The number of alkyl halides is 3. The zero-order valence-electron chi connectivity index (χ0n) is 24.6. The van der Waals surface area contributed by atoms with Crippen molar-refractivity contribution in [3.63, 3.8) is 0 Å². The van der Waals surface area contributed by atoms with Crippen LogP contribution in [0.1, 0.15) is 36.5 Å². The molecule has 45 heavy (non-hydrogen) atoms. The van der Waals surface area contributed by atoms with Crippen LogP contribution in [0.4, 0.5) is 23.7 Å². The summed E-state index contributed by atoms with van der Waals surface area (Å²) < 4.78 is 42.6. The lowest BCUT2D eigenvalue weighted by atomic mass is 9.99. The normalized spacial score (nSPS) is 14.6. The van der Waals surface area contributed by atoms with Gasteiger partial charge in [0.25, 0.3) is 0 Å². The van der Waals surface area contributed by atoms with Crippen molar-refractivity contribution in [3.8, 4) is 22.8 Å². The number of benzene rings is 3. The smallest absolute Gasteiger partial charge is 0.406 e. The quantitative estimate of drug-likeness (QED) is 0.221. The summed E-state index contributed by atoms with van der Waals surface area (Å²) in [7, 11) is 0. The van der Waals surface area contributed by atoms with Crippen LogP contribution in [0.25, 0.3) is 23.2 Å². The Bertz CT molecular complexity index is 1770. The Labute approximate surface area is 261 Å². The van der Waals surface area contributed by atoms with Gasteiger partial charge in [0.05, 0.1) is 17.1 Å². The number of halogens is 3. The molecule has 1 N–H and O–H groups in total. The van der Waals surface area contributed by atoms with Gasteiger partial charge in [0.15, 0.2) is 11.0 Å². The first-order valence-electron chi connectivity index (χ1n) is 13.9. The van der Waals surface area contributed by atoms with Gasteiger partial charge in [0.2, 0.25) is 5.91 Å². The van der Waals surface area contributed by atoms with Gasteiger partial charge in [-0.05, 0) is 65.9 Å². The van der Waals surface area contributed by atoms with E-state index in [9.17, 15) is 22.8 Å². The van der Waals surface area contributed by atoms with Gasteiger partial charge in [-0.3, -0.25) is 9.69 Å². The number of amides is 3. The maximum atomic E-state index is 12.8. The van der Waals surface area contributed by atoms with Gasteiger partial charge < -0.3 is 10.1 Å². The third-order valence-electron chi connectivity index (χ3n) is 6.66.